The molecular formula is C29H22ClN5O3. The lowest BCUT2D eigenvalue weighted by Gasteiger charge is -2.16. The highest BCUT2D eigenvalue weighted by molar-refractivity contribution is 6.30. The zero-order chi connectivity index (χ0) is 26.4. The SMILES string of the molecule is COc1ccc2[nH]c(C)c(C(C(=O)c3ccc(Cl)cc3)c3cc(=O)n(-c4cnc5ccccc5n4)[nH]3)c2c1. The number of benzene rings is 3. The topological polar surface area (TPSA) is 106 Å². The molecule has 0 saturated carbocycles. The molecule has 0 aliphatic heterocycles. The van der Waals surface area contributed by atoms with Crippen molar-refractivity contribution >= 4 is 39.3 Å². The Balaban J connectivity index is 1.55. The number of carbonyl (C=O) groups is 1. The van der Waals surface area contributed by atoms with Crippen LogP contribution < -0.4 is 10.3 Å². The van der Waals surface area contributed by atoms with E-state index in [1.165, 1.54) is 16.9 Å². The number of carbonyl (C=O) groups excluding carboxylic acids is 1. The fourth-order valence-electron chi connectivity index (χ4n) is 4.82. The number of hydrogen-bond donors (Lipinski definition) is 2. The number of methoxy groups -OCH3 is 1. The first-order valence-electron chi connectivity index (χ1n) is 11.9. The summed E-state index contributed by atoms with van der Waals surface area (Å²) in [6.45, 7) is 1.91. The Hall–Kier alpha value is -4.69. The van der Waals surface area contributed by atoms with Crippen LogP contribution in [0.1, 0.15) is 33.2 Å². The van der Waals surface area contributed by atoms with Crippen molar-refractivity contribution in [1.82, 2.24) is 24.7 Å². The van der Waals surface area contributed by atoms with Gasteiger partial charge in [-0.25, -0.2) is 4.98 Å². The van der Waals surface area contributed by atoms with Gasteiger partial charge in [-0.05, 0) is 67.1 Å². The maximum absolute atomic E-state index is 14.1. The lowest BCUT2D eigenvalue weighted by atomic mass is 9.86. The highest BCUT2D eigenvalue weighted by Crippen LogP contribution is 2.37. The van der Waals surface area contributed by atoms with Gasteiger partial charge in [-0.2, -0.15) is 4.68 Å². The third-order valence-electron chi connectivity index (χ3n) is 6.64. The Labute approximate surface area is 221 Å². The number of hydrogen-bond acceptors (Lipinski definition) is 5. The molecule has 0 spiro atoms. The Kier molecular flexibility index (Phi) is 5.81. The minimum atomic E-state index is -0.820. The number of ether oxygens (including phenoxy) is 1. The number of ketones is 1. The average Bonchev–Trinajstić information content (AvgIpc) is 3.47. The molecule has 8 nitrogen and oxygen atoms in total. The Morgan fingerprint density at radius 3 is 2.55 bits per heavy atom. The van der Waals surface area contributed by atoms with Crippen molar-refractivity contribution in [3.63, 3.8) is 0 Å². The molecule has 0 radical (unpaired) electrons. The van der Waals surface area contributed by atoms with Crippen LogP contribution in [0.25, 0.3) is 27.8 Å². The van der Waals surface area contributed by atoms with Crippen molar-refractivity contribution in [2.75, 3.05) is 7.11 Å². The fourth-order valence-corrected chi connectivity index (χ4v) is 4.95. The summed E-state index contributed by atoms with van der Waals surface area (Å²) in [4.78, 5) is 39.7. The maximum atomic E-state index is 14.1. The van der Waals surface area contributed by atoms with E-state index in [-0.39, 0.29) is 11.3 Å². The monoisotopic (exact) mass is 523 g/mol. The molecule has 1 unspecified atom stereocenters. The number of aromatic amines is 2. The molecule has 0 aliphatic carbocycles. The number of rotatable bonds is 6. The zero-order valence-corrected chi connectivity index (χ0v) is 21.3. The highest BCUT2D eigenvalue weighted by Gasteiger charge is 2.31. The predicted octanol–water partition coefficient (Wildman–Crippen LogP) is 5.58. The number of Topliss-reactive ketones (excluding diaryl/α,β-unsaturated/α-hetero) is 1. The fraction of sp³-hybridized carbons (Fsp3) is 0.103. The molecule has 38 heavy (non-hydrogen) atoms. The quantitative estimate of drug-likeness (QED) is 0.277. The molecule has 188 valence electrons. The van der Waals surface area contributed by atoms with Crippen molar-refractivity contribution in [2.24, 2.45) is 0 Å². The molecule has 0 amide bonds. The van der Waals surface area contributed by atoms with Crippen molar-refractivity contribution in [2.45, 2.75) is 12.8 Å². The molecule has 0 fully saturated rings. The summed E-state index contributed by atoms with van der Waals surface area (Å²) in [5, 5.41) is 4.50. The maximum Gasteiger partial charge on any atom is 0.272 e. The van der Waals surface area contributed by atoms with E-state index in [1.54, 1.807) is 31.4 Å². The second-order valence-electron chi connectivity index (χ2n) is 8.98. The summed E-state index contributed by atoms with van der Waals surface area (Å²) in [6.07, 6.45) is 1.53. The minimum absolute atomic E-state index is 0.188. The summed E-state index contributed by atoms with van der Waals surface area (Å²) in [5.74, 6) is -0.0196. The van der Waals surface area contributed by atoms with Crippen LogP contribution in [0.15, 0.2) is 83.8 Å². The van der Waals surface area contributed by atoms with Crippen LogP contribution in [0, 0.1) is 6.92 Å². The van der Waals surface area contributed by atoms with Crippen LogP contribution in [0.4, 0.5) is 0 Å². The third kappa shape index (κ3) is 4.05. The first-order valence-corrected chi connectivity index (χ1v) is 12.3. The number of nitrogens with one attached hydrogen (secondary N) is 2. The van der Waals surface area contributed by atoms with E-state index in [2.05, 4.69) is 20.1 Å². The molecule has 3 aromatic heterocycles. The second kappa shape index (κ2) is 9.32. The number of aromatic nitrogens is 5. The number of fused-ring (bicyclic) bond motifs is 2. The summed E-state index contributed by atoms with van der Waals surface area (Å²) in [5.41, 5.74) is 4.32. The minimum Gasteiger partial charge on any atom is -0.497 e. The normalized spacial score (nSPS) is 12.2. The van der Waals surface area contributed by atoms with Gasteiger partial charge in [-0.1, -0.05) is 23.7 Å². The Morgan fingerprint density at radius 1 is 1.03 bits per heavy atom. The van der Waals surface area contributed by atoms with E-state index in [0.29, 0.717) is 33.4 Å². The Morgan fingerprint density at radius 2 is 1.79 bits per heavy atom. The summed E-state index contributed by atoms with van der Waals surface area (Å²) >= 11 is 6.09. The van der Waals surface area contributed by atoms with Crippen LogP contribution in [0.5, 0.6) is 5.75 Å². The van der Waals surface area contributed by atoms with Crippen molar-refractivity contribution in [1.29, 1.82) is 0 Å². The first kappa shape index (κ1) is 23.7. The molecule has 0 bridgehead atoms. The number of H-pyrrole nitrogens is 2. The van der Waals surface area contributed by atoms with Gasteiger partial charge < -0.3 is 9.72 Å². The number of aryl methyl sites for hydroxylation is 1. The van der Waals surface area contributed by atoms with Crippen LogP contribution >= 0.6 is 11.6 Å². The summed E-state index contributed by atoms with van der Waals surface area (Å²) in [6, 6.07) is 21.2. The Bertz CT molecular complexity index is 1880. The lowest BCUT2D eigenvalue weighted by Crippen LogP contribution is -2.17. The van der Waals surface area contributed by atoms with Gasteiger partial charge in [-0.3, -0.25) is 19.7 Å². The number of nitrogens with zero attached hydrogens (tertiary/aromatic N) is 3. The molecule has 3 heterocycles. The zero-order valence-electron chi connectivity index (χ0n) is 20.5. The van der Waals surface area contributed by atoms with Crippen LogP contribution in [-0.4, -0.2) is 37.6 Å². The molecule has 0 aliphatic rings. The van der Waals surface area contributed by atoms with E-state index >= 15 is 0 Å². The third-order valence-corrected chi connectivity index (χ3v) is 6.89. The molecule has 3 aromatic carbocycles. The van der Waals surface area contributed by atoms with Crippen LogP contribution in [-0.2, 0) is 0 Å². The van der Waals surface area contributed by atoms with E-state index in [9.17, 15) is 9.59 Å². The smallest absolute Gasteiger partial charge is 0.272 e. The number of para-hydroxylation sites is 2. The van der Waals surface area contributed by atoms with Crippen molar-refractivity contribution < 1.29 is 9.53 Å². The standard InChI is InChI=1S/C29H22ClN5O3/c1-16-27(20-13-19(38-2)11-12-21(20)32-16)28(29(37)17-7-9-18(30)10-8-17)24-14-26(36)35(34-24)25-15-31-22-5-3-4-6-23(22)33-25/h3-15,28,32,34H,1-2H3. The van der Waals surface area contributed by atoms with Crippen molar-refractivity contribution in [3.05, 3.63) is 117 Å². The van der Waals surface area contributed by atoms with Gasteiger partial charge in [0.15, 0.2) is 11.6 Å². The van der Waals surface area contributed by atoms with E-state index in [4.69, 9.17) is 16.3 Å². The van der Waals surface area contributed by atoms with Gasteiger partial charge in [0.1, 0.15) is 5.75 Å². The van der Waals surface area contributed by atoms with Gasteiger partial charge in [0, 0.05) is 33.2 Å². The second-order valence-corrected chi connectivity index (χ2v) is 9.42. The molecule has 1 atom stereocenters. The van der Waals surface area contributed by atoms with Crippen LogP contribution in [0.3, 0.4) is 0 Å². The number of halogens is 1. The molecular weight excluding hydrogens is 502 g/mol. The average molecular weight is 524 g/mol. The molecule has 9 heteroatoms. The lowest BCUT2D eigenvalue weighted by molar-refractivity contribution is 0.0972. The summed E-state index contributed by atoms with van der Waals surface area (Å²) < 4.78 is 6.76. The van der Waals surface area contributed by atoms with Gasteiger partial charge in [0.25, 0.3) is 5.56 Å². The molecule has 0 saturated heterocycles. The van der Waals surface area contributed by atoms with Crippen molar-refractivity contribution in [3.8, 4) is 11.6 Å². The van der Waals surface area contributed by atoms with E-state index in [1.807, 2.05) is 49.4 Å². The first-order chi connectivity index (χ1) is 18.4. The molecule has 6 rings (SSSR count). The summed E-state index contributed by atoms with van der Waals surface area (Å²) in [7, 11) is 1.60. The van der Waals surface area contributed by atoms with Gasteiger partial charge in [0.05, 0.1) is 36.0 Å². The predicted molar refractivity (Wildman–Crippen MR) is 147 cm³/mol. The molecule has 6 aromatic rings. The highest BCUT2D eigenvalue weighted by atomic mass is 35.5. The largest absolute Gasteiger partial charge is 0.497 e. The van der Waals surface area contributed by atoms with E-state index < -0.39 is 5.92 Å². The van der Waals surface area contributed by atoms with Crippen LogP contribution in [0.2, 0.25) is 5.02 Å². The van der Waals surface area contributed by atoms with Gasteiger partial charge in [-0.15, -0.1) is 0 Å². The van der Waals surface area contributed by atoms with E-state index in [0.717, 1.165) is 27.7 Å². The molecule has 2 N–H and O–H groups in total. The van der Waals surface area contributed by atoms with Gasteiger partial charge >= 0.3 is 0 Å². The van der Waals surface area contributed by atoms with Gasteiger partial charge in [0.2, 0.25) is 0 Å².